The first kappa shape index (κ1) is 14.3. The molecule has 0 unspecified atom stereocenters. The molecule has 96 valence electrons. The summed E-state index contributed by atoms with van der Waals surface area (Å²) in [6, 6.07) is 0. The molecular weight excluding hydrogens is 284 g/mol. The minimum atomic E-state index is -0.554. The van der Waals surface area contributed by atoms with Crippen molar-refractivity contribution in [1.29, 1.82) is 0 Å². The monoisotopic (exact) mass is 302 g/mol. The van der Waals surface area contributed by atoms with Crippen LogP contribution in [0.2, 0.25) is 0 Å². The topological polar surface area (TPSA) is 51.0 Å². The number of carbonyl (C=O) groups is 1. The van der Waals surface area contributed by atoms with Crippen LogP contribution in [-0.4, -0.2) is 44.3 Å². The summed E-state index contributed by atoms with van der Waals surface area (Å²) in [5, 5.41) is 7.69. The van der Waals surface area contributed by atoms with E-state index in [-0.39, 0.29) is 5.78 Å². The van der Waals surface area contributed by atoms with E-state index in [1.165, 1.54) is 4.68 Å². The van der Waals surface area contributed by atoms with Gasteiger partial charge in [-0.3, -0.25) is 9.69 Å². The van der Waals surface area contributed by atoms with E-state index in [1.54, 1.807) is 7.05 Å². The molecule has 1 aromatic rings. The molecule has 0 aliphatic carbocycles. The van der Waals surface area contributed by atoms with Gasteiger partial charge in [0.1, 0.15) is 5.69 Å². The van der Waals surface area contributed by atoms with Crippen LogP contribution in [0.15, 0.2) is 4.60 Å². The Balaban J connectivity index is 3.12. The zero-order valence-corrected chi connectivity index (χ0v) is 12.6. The second-order valence-corrected chi connectivity index (χ2v) is 5.16. The predicted molar refractivity (Wildman–Crippen MR) is 70.0 cm³/mol. The molecule has 0 fully saturated rings. The number of halogens is 1. The lowest BCUT2D eigenvalue weighted by molar-refractivity contribution is 0.0657. The van der Waals surface area contributed by atoms with E-state index in [1.807, 2.05) is 13.8 Å². The number of hydrogen-bond acceptors (Lipinski definition) is 4. The standard InChI is InChI=1S/C11H19BrN4O/c1-6-16(7-2)11(3,4)9(17)8-10(12)13-14-15(8)5/h6-7H2,1-5H3. The molecule has 0 aliphatic rings. The smallest absolute Gasteiger partial charge is 0.203 e. The van der Waals surface area contributed by atoms with Crippen molar-refractivity contribution in [2.75, 3.05) is 13.1 Å². The van der Waals surface area contributed by atoms with E-state index in [4.69, 9.17) is 0 Å². The number of likely N-dealkylation sites (N-methyl/N-ethyl adjacent to an activating group) is 1. The summed E-state index contributed by atoms with van der Waals surface area (Å²) in [6.07, 6.45) is 0. The van der Waals surface area contributed by atoms with Crippen molar-refractivity contribution in [2.24, 2.45) is 7.05 Å². The SMILES string of the molecule is CCN(CC)C(C)(C)C(=O)c1c(Br)nnn1C. The maximum atomic E-state index is 12.6. The van der Waals surface area contributed by atoms with E-state index in [2.05, 4.69) is 45.0 Å². The number of hydrogen-bond donors (Lipinski definition) is 0. The van der Waals surface area contributed by atoms with Gasteiger partial charge < -0.3 is 0 Å². The summed E-state index contributed by atoms with van der Waals surface area (Å²) in [6.45, 7) is 9.63. The lowest BCUT2D eigenvalue weighted by Crippen LogP contribution is -2.50. The Morgan fingerprint density at radius 2 is 1.94 bits per heavy atom. The second-order valence-electron chi connectivity index (χ2n) is 4.41. The van der Waals surface area contributed by atoms with Crippen LogP contribution < -0.4 is 0 Å². The minimum absolute atomic E-state index is 0.0283. The Kier molecular flexibility index (Phi) is 4.43. The van der Waals surface area contributed by atoms with Gasteiger partial charge in [-0.2, -0.15) is 0 Å². The molecule has 0 bridgehead atoms. The average molecular weight is 303 g/mol. The minimum Gasteiger partial charge on any atom is -0.292 e. The van der Waals surface area contributed by atoms with Crippen molar-refractivity contribution in [2.45, 2.75) is 33.2 Å². The fourth-order valence-electron chi connectivity index (χ4n) is 2.02. The van der Waals surface area contributed by atoms with Crippen molar-refractivity contribution in [3.05, 3.63) is 10.3 Å². The third kappa shape index (κ3) is 2.57. The highest BCUT2D eigenvalue weighted by Crippen LogP contribution is 2.23. The molecule has 0 amide bonds. The Morgan fingerprint density at radius 1 is 1.41 bits per heavy atom. The lowest BCUT2D eigenvalue weighted by atomic mass is 9.94. The fourth-order valence-corrected chi connectivity index (χ4v) is 2.53. The van der Waals surface area contributed by atoms with Crippen LogP contribution in [0.5, 0.6) is 0 Å². The summed E-state index contributed by atoms with van der Waals surface area (Å²) in [7, 11) is 1.73. The fraction of sp³-hybridized carbons (Fsp3) is 0.727. The van der Waals surface area contributed by atoms with Crippen LogP contribution in [0.25, 0.3) is 0 Å². The lowest BCUT2D eigenvalue weighted by Gasteiger charge is -2.35. The van der Waals surface area contributed by atoms with Gasteiger partial charge in [-0.05, 0) is 42.9 Å². The molecule has 0 spiro atoms. The third-order valence-electron chi connectivity index (χ3n) is 3.11. The molecule has 0 saturated carbocycles. The van der Waals surface area contributed by atoms with E-state index in [0.29, 0.717) is 10.3 Å². The summed E-state index contributed by atoms with van der Waals surface area (Å²) < 4.78 is 2.02. The Morgan fingerprint density at radius 3 is 2.29 bits per heavy atom. The highest BCUT2D eigenvalue weighted by molar-refractivity contribution is 9.10. The number of Topliss-reactive ketones (excluding diaryl/α,β-unsaturated/α-hetero) is 1. The summed E-state index contributed by atoms with van der Waals surface area (Å²) in [4.78, 5) is 14.7. The van der Waals surface area contributed by atoms with Crippen molar-refractivity contribution >= 4 is 21.7 Å². The van der Waals surface area contributed by atoms with Crippen molar-refractivity contribution in [3.63, 3.8) is 0 Å². The first-order valence-electron chi connectivity index (χ1n) is 5.71. The van der Waals surface area contributed by atoms with Crippen LogP contribution in [0, 0.1) is 0 Å². The van der Waals surface area contributed by atoms with Gasteiger partial charge in [0.05, 0.1) is 5.54 Å². The zero-order chi connectivity index (χ0) is 13.2. The van der Waals surface area contributed by atoms with Gasteiger partial charge in [-0.1, -0.05) is 19.1 Å². The van der Waals surface area contributed by atoms with Gasteiger partial charge in [0.25, 0.3) is 0 Å². The molecular formula is C11H19BrN4O. The molecule has 6 heteroatoms. The van der Waals surface area contributed by atoms with Gasteiger partial charge in [-0.15, -0.1) is 5.10 Å². The number of aryl methyl sites for hydroxylation is 1. The van der Waals surface area contributed by atoms with Gasteiger partial charge in [0, 0.05) is 7.05 Å². The first-order chi connectivity index (χ1) is 7.86. The Bertz CT molecular complexity index is 390. The van der Waals surface area contributed by atoms with Gasteiger partial charge in [0.2, 0.25) is 5.78 Å². The summed E-state index contributed by atoms with van der Waals surface area (Å²) in [5.74, 6) is 0.0283. The van der Waals surface area contributed by atoms with Crippen molar-refractivity contribution in [3.8, 4) is 0 Å². The van der Waals surface area contributed by atoms with Gasteiger partial charge in [-0.25, -0.2) is 4.68 Å². The Labute approximate surface area is 110 Å². The van der Waals surface area contributed by atoms with Crippen LogP contribution in [0.4, 0.5) is 0 Å². The number of rotatable bonds is 5. The number of ketones is 1. The van der Waals surface area contributed by atoms with Crippen molar-refractivity contribution in [1.82, 2.24) is 19.9 Å². The summed E-state index contributed by atoms with van der Waals surface area (Å²) >= 11 is 3.27. The molecule has 0 N–H and O–H groups in total. The average Bonchev–Trinajstić information content (AvgIpc) is 2.59. The summed E-state index contributed by atoms with van der Waals surface area (Å²) in [5.41, 5.74) is -0.0384. The highest BCUT2D eigenvalue weighted by Gasteiger charge is 2.36. The molecule has 1 rings (SSSR count). The van der Waals surface area contributed by atoms with Crippen LogP contribution >= 0.6 is 15.9 Å². The molecule has 0 radical (unpaired) electrons. The first-order valence-corrected chi connectivity index (χ1v) is 6.50. The molecule has 1 heterocycles. The van der Waals surface area contributed by atoms with Crippen LogP contribution in [0.1, 0.15) is 38.2 Å². The zero-order valence-electron chi connectivity index (χ0n) is 11.0. The van der Waals surface area contributed by atoms with E-state index in [9.17, 15) is 4.79 Å². The maximum absolute atomic E-state index is 12.6. The quantitative estimate of drug-likeness (QED) is 0.779. The molecule has 0 atom stereocenters. The van der Waals surface area contributed by atoms with E-state index >= 15 is 0 Å². The number of nitrogens with zero attached hydrogens (tertiary/aromatic N) is 4. The molecule has 17 heavy (non-hydrogen) atoms. The highest BCUT2D eigenvalue weighted by atomic mass is 79.9. The number of carbonyl (C=O) groups excluding carboxylic acids is 1. The molecule has 5 nitrogen and oxygen atoms in total. The second kappa shape index (κ2) is 5.27. The molecule has 0 aliphatic heterocycles. The van der Waals surface area contributed by atoms with E-state index < -0.39 is 5.54 Å². The molecule has 1 aromatic heterocycles. The predicted octanol–water partition coefficient (Wildman–Crippen LogP) is 1.88. The van der Waals surface area contributed by atoms with Gasteiger partial charge >= 0.3 is 0 Å². The maximum Gasteiger partial charge on any atom is 0.203 e. The Hall–Kier alpha value is -0.750. The van der Waals surface area contributed by atoms with Gasteiger partial charge in [0.15, 0.2) is 4.60 Å². The van der Waals surface area contributed by atoms with E-state index in [0.717, 1.165) is 13.1 Å². The van der Waals surface area contributed by atoms with Crippen molar-refractivity contribution < 1.29 is 4.79 Å². The van der Waals surface area contributed by atoms with Crippen LogP contribution in [-0.2, 0) is 7.05 Å². The largest absolute Gasteiger partial charge is 0.292 e. The molecule has 0 aromatic carbocycles. The third-order valence-corrected chi connectivity index (χ3v) is 3.64. The number of aromatic nitrogens is 3. The molecule has 0 saturated heterocycles. The van der Waals surface area contributed by atoms with Crippen LogP contribution in [0.3, 0.4) is 0 Å². The normalized spacial score (nSPS) is 12.2.